The van der Waals surface area contributed by atoms with Crippen molar-refractivity contribution in [3.63, 3.8) is 0 Å². The number of aliphatic hydroxyl groups is 1. The van der Waals surface area contributed by atoms with Crippen LogP contribution in [0, 0.1) is 17.8 Å². The summed E-state index contributed by atoms with van der Waals surface area (Å²) in [5.41, 5.74) is 0.442. The molecule has 132 valence electrons. The maximum absolute atomic E-state index is 11.5. The summed E-state index contributed by atoms with van der Waals surface area (Å²) < 4.78 is 11.3. The molecule has 0 bridgehead atoms. The fourth-order valence-electron chi connectivity index (χ4n) is 4.98. The van der Waals surface area contributed by atoms with Gasteiger partial charge >= 0.3 is 0 Å². The Kier molecular flexibility index (Phi) is 4.90. The minimum absolute atomic E-state index is 0.348. The van der Waals surface area contributed by atoms with E-state index in [9.17, 15) is 5.11 Å². The van der Waals surface area contributed by atoms with Crippen molar-refractivity contribution in [3.05, 3.63) is 35.9 Å². The first-order valence-corrected chi connectivity index (χ1v) is 9.41. The third-order valence-corrected chi connectivity index (χ3v) is 6.13. The number of benzene rings is 1. The first kappa shape index (κ1) is 16.5. The molecule has 0 radical (unpaired) electrons. The maximum atomic E-state index is 11.5. The molecule has 4 heteroatoms. The molecule has 2 aliphatic heterocycles. The van der Waals surface area contributed by atoms with Crippen LogP contribution in [0.25, 0.3) is 0 Å². The van der Waals surface area contributed by atoms with E-state index in [2.05, 4.69) is 17.0 Å². The lowest BCUT2D eigenvalue weighted by Crippen LogP contribution is -2.42. The fraction of sp³-hybridized carbons (Fsp3) is 0.700. The van der Waals surface area contributed by atoms with E-state index in [0.29, 0.717) is 17.8 Å². The largest absolute Gasteiger partial charge is 0.385 e. The van der Waals surface area contributed by atoms with Crippen molar-refractivity contribution in [2.75, 3.05) is 46.1 Å². The summed E-state index contributed by atoms with van der Waals surface area (Å²) in [6, 6.07) is 10.3. The lowest BCUT2D eigenvalue weighted by molar-refractivity contribution is -0.0650. The number of ether oxygens (including phenoxy) is 2. The molecule has 2 saturated heterocycles. The van der Waals surface area contributed by atoms with E-state index in [1.165, 1.54) is 6.42 Å². The van der Waals surface area contributed by atoms with Crippen LogP contribution >= 0.6 is 0 Å². The second-order valence-electron chi connectivity index (χ2n) is 7.78. The summed E-state index contributed by atoms with van der Waals surface area (Å²) in [5.74, 6) is 1.41. The highest BCUT2D eigenvalue weighted by molar-refractivity contribution is 5.25. The average Bonchev–Trinajstić information content (AvgIpc) is 2.85. The summed E-state index contributed by atoms with van der Waals surface area (Å²) in [6.45, 7) is 6.16. The van der Waals surface area contributed by atoms with Crippen LogP contribution in [0.4, 0.5) is 0 Å². The number of hydrogen-bond donors (Lipinski definition) is 1. The summed E-state index contributed by atoms with van der Waals surface area (Å²) >= 11 is 0. The van der Waals surface area contributed by atoms with Crippen molar-refractivity contribution in [2.24, 2.45) is 17.8 Å². The molecular formula is C20H29NO3. The summed E-state index contributed by atoms with van der Waals surface area (Å²) in [4.78, 5) is 2.54. The Morgan fingerprint density at radius 1 is 1.08 bits per heavy atom. The van der Waals surface area contributed by atoms with E-state index in [-0.39, 0.29) is 0 Å². The van der Waals surface area contributed by atoms with Gasteiger partial charge in [-0.1, -0.05) is 30.3 Å². The molecule has 3 fully saturated rings. The first-order chi connectivity index (χ1) is 11.8. The standard InChI is InChI=1S/C20H29NO3/c22-20(18-6-2-1-3-7-18)8-4-5-17-12-21(13-19(17)20)11-16-14-23-9-10-24-15-16/h1-3,6-7,16-17,19,22H,4-5,8-15H2/t17-,19+,20+/m0/s1. The fourth-order valence-corrected chi connectivity index (χ4v) is 4.98. The summed E-state index contributed by atoms with van der Waals surface area (Å²) in [6.07, 6.45) is 3.26. The molecule has 1 N–H and O–H groups in total. The summed E-state index contributed by atoms with van der Waals surface area (Å²) in [5, 5.41) is 11.5. The van der Waals surface area contributed by atoms with Gasteiger partial charge in [-0.05, 0) is 30.7 Å². The van der Waals surface area contributed by atoms with Gasteiger partial charge in [0.1, 0.15) is 0 Å². The number of likely N-dealkylation sites (tertiary alicyclic amines) is 1. The predicted molar refractivity (Wildman–Crippen MR) is 92.7 cm³/mol. The smallest absolute Gasteiger partial charge is 0.0939 e. The van der Waals surface area contributed by atoms with Gasteiger partial charge in [-0.15, -0.1) is 0 Å². The zero-order chi connectivity index (χ0) is 16.4. The highest BCUT2D eigenvalue weighted by Crippen LogP contribution is 2.48. The monoisotopic (exact) mass is 331 g/mol. The number of hydrogen-bond acceptors (Lipinski definition) is 4. The van der Waals surface area contributed by atoms with Crippen LogP contribution in [-0.2, 0) is 15.1 Å². The van der Waals surface area contributed by atoms with Gasteiger partial charge < -0.3 is 19.5 Å². The molecule has 4 rings (SSSR count). The van der Waals surface area contributed by atoms with E-state index in [4.69, 9.17) is 9.47 Å². The molecule has 0 unspecified atom stereocenters. The molecule has 4 nitrogen and oxygen atoms in total. The molecule has 2 heterocycles. The summed E-state index contributed by atoms with van der Waals surface area (Å²) in [7, 11) is 0. The van der Waals surface area contributed by atoms with Crippen LogP contribution in [0.2, 0.25) is 0 Å². The maximum Gasteiger partial charge on any atom is 0.0939 e. The molecule has 24 heavy (non-hydrogen) atoms. The van der Waals surface area contributed by atoms with Gasteiger partial charge in [0.25, 0.3) is 0 Å². The second kappa shape index (κ2) is 7.12. The zero-order valence-corrected chi connectivity index (χ0v) is 14.4. The predicted octanol–water partition coefficient (Wildman–Crippen LogP) is 2.27. The third kappa shape index (κ3) is 3.25. The van der Waals surface area contributed by atoms with Crippen LogP contribution < -0.4 is 0 Å². The minimum atomic E-state index is -0.657. The molecule has 1 aromatic rings. The Balaban J connectivity index is 1.46. The molecule has 0 amide bonds. The van der Waals surface area contributed by atoms with Gasteiger partial charge in [0.15, 0.2) is 0 Å². The minimum Gasteiger partial charge on any atom is -0.385 e. The van der Waals surface area contributed by atoms with Gasteiger partial charge in [0, 0.05) is 31.5 Å². The zero-order valence-electron chi connectivity index (χ0n) is 14.4. The SMILES string of the molecule is O[C@@]1(c2ccccc2)CCC[C@H]2CN(CC3COCCOC3)C[C@H]21. The van der Waals surface area contributed by atoms with Gasteiger partial charge in [-0.2, -0.15) is 0 Å². The average molecular weight is 331 g/mol. The molecule has 0 spiro atoms. The molecule has 1 aromatic carbocycles. The second-order valence-corrected chi connectivity index (χ2v) is 7.78. The van der Waals surface area contributed by atoms with Crippen molar-refractivity contribution >= 4 is 0 Å². The van der Waals surface area contributed by atoms with Crippen LogP contribution in [-0.4, -0.2) is 56.1 Å². The molecule has 3 atom stereocenters. The van der Waals surface area contributed by atoms with Crippen molar-refractivity contribution < 1.29 is 14.6 Å². The topological polar surface area (TPSA) is 41.9 Å². The van der Waals surface area contributed by atoms with Crippen LogP contribution in [0.3, 0.4) is 0 Å². The van der Waals surface area contributed by atoms with Crippen molar-refractivity contribution in [3.8, 4) is 0 Å². The van der Waals surface area contributed by atoms with Crippen LogP contribution in [0.1, 0.15) is 24.8 Å². The van der Waals surface area contributed by atoms with Gasteiger partial charge in [-0.25, -0.2) is 0 Å². The Hall–Kier alpha value is -0.940. The van der Waals surface area contributed by atoms with E-state index in [1.54, 1.807) is 0 Å². The highest BCUT2D eigenvalue weighted by Gasteiger charge is 2.49. The van der Waals surface area contributed by atoms with Crippen molar-refractivity contribution in [1.29, 1.82) is 0 Å². The lowest BCUT2D eigenvalue weighted by Gasteiger charge is -2.41. The number of rotatable bonds is 3. The van der Waals surface area contributed by atoms with Crippen molar-refractivity contribution in [2.45, 2.75) is 24.9 Å². The van der Waals surface area contributed by atoms with E-state index in [1.807, 2.05) is 18.2 Å². The van der Waals surface area contributed by atoms with Crippen molar-refractivity contribution in [1.82, 2.24) is 4.90 Å². The Labute approximate surface area is 144 Å². The lowest BCUT2D eigenvalue weighted by atomic mass is 9.67. The Morgan fingerprint density at radius 3 is 2.58 bits per heavy atom. The van der Waals surface area contributed by atoms with E-state index < -0.39 is 5.60 Å². The van der Waals surface area contributed by atoms with Crippen LogP contribution in [0.5, 0.6) is 0 Å². The molecular weight excluding hydrogens is 302 g/mol. The van der Waals surface area contributed by atoms with Gasteiger partial charge in [0.2, 0.25) is 0 Å². The molecule has 0 aromatic heterocycles. The van der Waals surface area contributed by atoms with E-state index >= 15 is 0 Å². The number of nitrogens with zero attached hydrogens (tertiary/aromatic N) is 1. The molecule has 3 aliphatic rings. The molecule has 1 saturated carbocycles. The third-order valence-electron chi connectivity index (χ3n) is 6.13. The quantitative estimate of drug-likeness (QED) is 0.923. The van der Waals surface area contributed by atoms with Gasteiger partial charge in [-0.3, -0.25) is 0 Å². The molecule has 1 aliphatic carbocycles. The normalized spacial score (nSPS) is 35.5. The van der Waals surface area contributed by atoms with Gasteiger partial charge in [0.05, 0.1) is 32.0 Å². The highest BCUT2D eigenvalue weighted by atomic mass is 16.5. The van der Waals surface area contributed by atoms with Crippen LogP contribution in [0.15, 0.2) is 30.3 Å². The first-order valence-electron chi connectivity index (χ1n) is 9.41. The Bertz CT molecular complexity index is 529. The Morgan fingerprint density at radius 2 is 1.83 bits per heavy atom. The van der Waals surface area contributed by atoms with E-state index in [0.717, 1.165) is 64.5 Å². The number of fused-ring (bicyclic) bond motifs is 1.